The molecule has 38 heavy (non-hydrogen) atoms. The third-order valence-electron chi connectivity index (χ3n) is 6.09. The highest BCUT2D eigenvalue weighted by molar-refractivity contribution is 7.92. The first-order valence-electron chi connectivity index (χ1n) is 11.9. The molecule has 0 heterocycles. The van der Waals surface area contributed by atoms with Gasteiger partial charge in [0.25, 0.3) is 0 Å². The Kier molecular flexibility index (Phi) is 9.77. The molecule has 0 fully saturated rings. The number of carbonyl (C=O) groups excluding carboxylic acids is 2. The van der Waals surface area contributed by atoms with E-state index in [1.807, 2.05) is 61.5 Å². The normalized spacial score (nSPS) is 11.9. The first kappa shape index (κ1) is 29.0. The van der Waals surface area contributed by atoms with Crippen LogP contribution in [0.2, 0.25) is 5.02 Å². The van der Waals surface area contributed by atoms with E-state index in [2.05, 4.69) is 5.32 Å². The van der Waals surface area contributed by atoms with Crippen LogP contribution in [0.4, 0.5) is 5.69 Å². The van der Waals surface area contributed by atoms with Crippen LogP contribution in [-0.4, -0.2) is 58.1 Å². The molecule has 0 spiro atoms. The van der Waals surface area contributed by atoms with Gasteiger partial charge in [-0.1, -0.05) is 71.8 Å². The summed E-state index contributed by atoms with van der Waals surface area (Å²) in [5, 5.41) is 2.86. The first-order valence-corrected chi connectivity index (χ1v) is 14.2. The third kappa shape index (κ3) is 7.49. The lowest BCUT2D eigenvalue weighted by molar-refractivity contribution is -0.139. The summed E-state index contributed by atoms with van der Waals surface area (Å²) in [4.78, 5) is 28.4. The standard InChI is InChI=1S/C28H32ClN3O5S/c1-20-10-12-22(13-11-20)18-31(25(28(34)30-2)16-21-8-6-5-7-9-21)27(33)19-32(38(4,35)36)23-14-15-26(37-3)24(29)17-23/h5-15,17,25H,16,18-19H2,1-4H3,(H,30,34)/t25-/m1/s1. The number of nitrogens with zero attached hydrogens (tertiary/aromatic N) is 2. The summed E-state index contributed by atoms with van der Waals surface area (Å²) in [5.41, 5.74) is 2.94. The number of amides is 2. The Bertz CT molecular complexity index is 1360. The van der Waals surface area contributed by atoms with E-state index >= 15 is 0 Å². The Morgan fingerprint density at radius 3 is 2.21 bits per heavy atom. The van der Waals surface area contributed by atoms with E-state index in [9.17, 15) is 18.0 Å². The molecule has 10 heteroatoms. The molecule has 0 radical (unpaired) electrons. The maximum Gasteiger partial charge on any atom is 0.244 e. The van der Waals surface area contributed by atoms with Crippen molar-refractivity contribution in [2.75, 3.05) is 31.3 Å². The molecule has 0 bridgehead atoms. The minimum Gasteiger partial charge on any atom is -0.495 e. The predicted molar refractivity (Wildman–Crippen MR) is 150 cm³/mol. The molecule has 0 aliphatic rings. The van der Waals surface area contributed by atoms with Crippen LogP contribution in [0.3, 0.4) is 0 Å². The van der Waals surface area contributed by atoms with Crippen LogP contribution in [0.25, 0.3) is 0 Å². The summed E-state index contributed by atoms with van der Waals surface area (Å²) < 4.78 is 31.8. The second-order valence-electron chi connectivity index (χ2n) is 8.92. The number of hydrogen-bond acceptors (Lipinski definition) is 5. The molecule has 0 aromatic heterocycles. The molecule has 3 aromatic carbocycles. The Hall–Kier alpha value is -3.56. The highest BCUT2D eigenvalue weighted by Gasteiger charge is 2.32. The minimum absolute atomic E-state index is 0.116. The number of nitrogens with one attached hydrogen (secondary N) is 1. The highest BCUT2D eigenvalue weighted by atomic mass is 35.5. The number of carbonyl (C=O) groups is 2. The number of halogens is 1. The highest BCUT2D eigenvalue weighted by Crippen LogP contribution is 2.30. The number of anilines is 1. The molecular formula is C28H32ClN3O5S. The summed E-state index contributed by atoms with van der Waals surface area (Å²) in [7, 11) is -0.923. The van der Waals surface area contributed by atoms with Gasteiger partial charge in [0, 0.05) is 20.0 Å². The zero-order chi connectivity index (χ0) is 27.9. The quantitative estimate of drug-likeness (QED) is 0.387. The number of likely N-dealkylation sites (N-methyl/N-ethyl adjacent to an activating group) is 1. The fourth-order valence-electron chi connectivity index (χ4n) is 4.03. The summed E-state index contributed by atoms with van der Waals surface area (Å²) in [6.07, 6.45) is 1.27. The number of methoxy groups -OCH3 is 1. The monoisotopic (exact) mass is 557 g/mol. The number of rotatable bonds is 11. The zero-order valence-corrected chi connectivity index (χ0v) is 23.4. The topological polar surface area (TPSA) is 96.0 Å². The molecule has 0 unspecified atom stereocenters. The van der Waals surface area contributed by atoms with Crippen molar-refractivity contribution >= 4 is 39.1 Å². The SMILES string of the molecule is CNC(=O)[C@@H](Cc1ccccc1)N(Cc1ccc(C)cc1)C(=O)CN(c1ccc(OC)c(Cl)c1)S(C)(=O)=O. The molecule has 1 N–H and O–H groups in total. The van der Waals surface area contributed by atoms with Crippen molar-refractivity contribution in [1.29, 1.82) is 0 Å². The van der Waals surface area contributed by atoms with Gasteiger partial charge in [-0.15, -0.1) is 0 Å². The van der Waals surface area contributed by atoms with Crippen LogP contribution in [0.5, 0.6) is 5.75 Å². The van der Waals surface area contributed by atoms with Gasteiger partial charge in [0.1, 0.15) is 18.3 Å². The van der Waals surface area contributed by atoms with Crippen molar-refractivity contribution in [2.24, 2.45) is 0 Å². The lowest BCUT2D eigenvalue weighted by Crippen LogP contribution is -2.52. The number of ether oxygens (including phenoxy) is 1. The van der Waals surface area contributed by atoms with E-state index in [1.165, 1.54) is 37.3 Å². The van der Waals surface area contributed by atoms with Crippen molar-refractivity contribution in [1.82, 2.24) is 10.2 Å². The summed E-state index contributed by atoms with van der Waals surface area (Å²) in [6.45, 7) is 1.56. The molecular weight excluding hydrogens is 526 g/mol. The molecule has 8 nitrogen and oxygen atoms in total. The van der Waals surface area contributed by atoms with Crippen LogP contribution < -0.4 is 14.4 Å². The molecule has 0 saturated heterocycles. The number of hydrogen-bond donors (Lipinski definition) is 1. The van der Waals surface area contributed by atoms with Gasteiger partial charge in [0.2, 0.25) is 21.8 Å². The molecule has 0 aliphatic heterocycles. The van der Waals surface area contributed by atoms with E-state index in [0.717, 1.165) is 27.3 Å². The van der Waals surface area contributed by atoms with Gasteiger partial charge in [-0.05, 0) is 36.2 Å². The van der Waals surface area contributed by atoms with Crippen LogP contribution in [0, 0.1) is 6.92 Å². The van der Waals surface area contributed by atoms with Crippen molar-refractivity contribution in [3.8, 4) is 5.75 Å². The van der Waals surface area contributed by atoms with Gasteiger partial charge in [0.15, 0.2) is 0 Å². The Balaban J connectivity index is 2.03. The molecule has 202 valence electrons. The summed E-state index contributed by atoms with van der Waals surface area (Å²) >= 11 is 6.25. The van der Waals surface area contributed by atoms with Crippen molar-refractivity contribution in [2.45, 2.75) is 25.9 Å². The maximum absolute atomic E-state index is 13.9. The van der Waals surface area contributed by atoms with Crippen LogP contribution in [-0.2, 0) is 32.6 Å². The molecule has 0 saturated carbocycles. The van der Waals surface area contributed by atoms with Gasteiger partial charge in [-0.2, -0.15) is 0 Å². The molecule has 1 atom stereocenters. The van der Waals surface area contributed by atoms with Gasteiger partial charge in [0.05, 0.1) is 24.1 Å². The van der Waals surface area contributed by atoms with Gasteiger partial charge in [-0.3, -0.25) is 13.9 Å². The smallest absolute Gasteiger partial charge is 0.244 e. The maximum atomic E-state index is 13.9. The summed E-state index contributed by atoms with van der Waals surface area (Å²) in [5.74, 6) is -0.515. The zero-order valence-electron chi connectivity index (χ0n) is 21.8. The van der Waals surface area contributed by atoms with E-state index in [-0.39, 0.29) is 29.6 Å². The van der Waals surface area contributed by atoms with Gasteiger partial charge < -0.3 is 15.0 Å². The van der Waals surface area contributed by atoms with E-state index in [4.69, 9.17) is 16.3 Å². The molecule has 3 aromatic rings. The number of aryl methyl sites for hydroxylation is 1. The Morgan fingerprint density at radius 1 is 1.00 bits per heavy atom. The molecule has 3 rings (SSSR count). The van der Waals surface area contributed by atoms with Gasteiger partial charge >= 0.3 is 0 Å². The van der Waals surface area contributed by atoms with E-state index in [1.54, 1.807) is 0 Å². The minimum atomic E-state index is -3.89. The number of sulfonamides is 1. The Labute approximate surface area is 229 Å². The fourth-order valence-corrected chi connectivity index (χ4v) is 5.13. The van der Waals surface area contributed by atoms with E-state index < -0.39 is 28.5 Å². The van der Waals surface area contributed by atoms with E-state index in [0.29, 0.717) is 5.75 Å². The third-order valence-corrected chi connectivity index (χ3v) is 7.53. The van der Waals surface area contributed by atoms with Crippen molar-refractivity contribution in [3.05, 3.63) is 94.5 Å². The van der Waals surface area contributed by atoms with Crippen molar-refractivity contribution in [3.63, 3.8) is 0 Å². The van der Waals surface area contributed by atoms with Crippen LogP contribution >= 0.6 is 11.6 Å². The summed E-state index contributed by atoms with van der Waals surface area (Å²) in [6, 6.07) is 20.6. The Morgan fingerprint density at radius 2 is 1.66 bits per heavy atom. The second kappa shape index (κ2) is 12.8. The number of benzene rings is 3. The molecule has 2 amide bonds. The van der Waals surface area contributed by atoms with Crippen LogP contribution in [0.15, 0.2) is 72.8 Å². The lowest BCUT2D eigenvalue weighted by atomic mass is 10.0. The van der Waals surface area contributed by atoms with Crippen LogP contribution in [0.1, 0.15) is 16.7 Å². The average Bonchev–Trinajstić information content (AvgIpc) is 2.89. The largest absolute Gasteiger partial charge is 0.495 e. The first-order chi connectivity index (χ1) is 18.0. The van der Waals surface area contributed by atoms with Crippen molar-refractivity contribution < 1.29 is 22.7 Å². The lowest BCUT2D eigenvalue weighted by Gasteiger charge is -2.33. The predicted octanol–water partition coefficient (Wildman–Crippen LogP) is 3.81. The average molecular weight is 558 g/mol. The second-order valence-corrected chi connectivity index (χ2v) is 11.2. The fraction of sp³-hybridized carbons (Fsp3) is 0.286. The molecule has 0 aliphatic carbocycles. The van der Waals surface area contributed by atoms with Gasteiger partial charge in [-0.25, -0.2) is 8.42 Å².